The first-order chi connectivity index (χ1) is 7.61. The van der Waals surface area contributed by atoms with Crippen molar-refractivity contribution in [3.8, 4) is 0 Å². The average molecular weight is 230 g/mol. The summed E-state index contributed by atoms with van der Waals surface area (Å²) in [6.45, 7) is 2.33. The average Bonchev–Trinajstić information content (AvgIpc) is 2.26. The van der Waals surface area contributed by atoms with Crippen LogP contribution in [0.25, 0.3) is 0 Å². The van der Waals surface area contributed by atoms with Gasteiger partial charge in [-0.15, -0.1) is 0 Å². The van der Waals surface area contributed by atoms with Crippen LogP contribution in [-0.2, 0) is 9.59 Å². The maximum Gasteiger partial charge on any atom is 0.223 e. The van der Waals surface area contributed by atoms with Crippen molar-refractivity contribution in [3.05, 3.63) is 0 Å². The lowest BCUT2D eigenvalue weighted by atomic mass is 10.2. The molecule has 0 aliphatic carbocycles. The number of nitrogens with zero attached hydrogens (tertiary/aromatic N) is 1. The Hall–Kier alpha value is -1.14. The Bertz CT molecular complexity index is 213. The molecule has 0 atom stereocenters. The predicted molar refractivity (Wildman–Crippen MR) is 62.4 cm³/mol. The Labute approximate surface area is 96.1 Å². The molecule has 94 valence electrons. The van der Waals surface area contributed by atoms with Crippen molar-refractivity contribution in [3.63, 3.8) is 0 Å². The van der Waals surface area contributed by atoms with Crippen LogP contribution in [0.1, 0.15) is 25.7 Å². The van der Waals surface area contributed by atoms with Gasteiger partial charge in [0.25, 0.3) is 0 Å². The summed E-state index contributed by atoms with van der Waals surface area (Å²) in [5.41, 5.74) is 15.8. The van der Waals surface area contributed by atoms with Crippen LogP contribution in [0.4, 0.5) is 0 Å². The van der Waals surface area contributed by atoms with E-state index in [0.717, 1.165) is 12.8 Å². The van der Waals surface area contributed by atoms with Crippen LogP contribution in [0.5, 0.6) is 0 Å². The van der Waals surface area contributed by atoms with Crippen LogP contribution in [0, 0.1) is 0 Å². The number of nitrogens with two attached hydrogens (primary N) is 3. The van der Waals surface area contributed by atoms with Gasteiger partial charge >= 0.3 is 0 Å². The minimum absolute atomic E-state index is 0.0549. The van der Waals surface area contributed by atoms with Crippen molar-refractivity contribution in [1.82, 2.24) is 4.90 Å². The van der Waals surface area contributed by atoms with Gasteiger partial charge in [-0.05, 0) is 25.9 Å². The molecule has 0 aromatic rings. The topological polar surface area (TPSA) is 115 Å². The van der Waals surface area contributed by atoms with Crippen molar-refractivity contribution >= 4 is 11.8 Å². The minimum Gasteiger partial charge on any atom is -0.370 e. The van der Waals surface area contributed by atoms with Crippen molar-refractivity contribution in [1.29, 1.82) is 0 Å². The molecule has 0 fully saturated rings. The summed E-state index contributed by atoms with van der Waals surface area (Å²) < 4.78 is 0. The van der Waals surface area contributed by atoms with Gasteiger partial charge in [0, 0.05) is 25.9 Å². The van der Waals surface area contributed by atoms with Crippen molar-refractivity contribution in [2.45, 2.75) is 25.7 Å². The van der Waals surface area contributed by atoms with Crippen molar-refractivity contribution in [2.75, 3.05) is 26.2 Å². The molecule has 0 unspecified atom stereocenters. The number of carbonyl (C=O) groups excluding carboxylic acids is 2. The lowest BCUT2D eigenvalue weighted by Gasteiger charge is -2.22. The summed E-state index contributed by atoms with van der Waals surface area (Å²) >= 11 is 0. The molecule has 0 aliphatic rings. The summed E-state index contributed by atoms with van der Waals surface area (Å²) in [5, 5.41) is 0. The molecule has 0 heterocycles. The largest absolute Gasteiger partial charge is 0.370 e. The number of primary amides is 1. The lowest BCUT2D eigenvalue weighted by Crippen LogP contribution is -2.35. The van der Waals surface area contributed by atoms with E-state index in [1.807, 2.05) is 0 Å². The Morgan fingerprint density at radius 3 is 1.81 bits per heavy atom. The zero-order valence-corrected chi connectivity index (χ0v) is 9.65. The number of hydrogen-bond acceptors (Lipinski definition) is 4. The Morgan fingerprint density at radius 2 is 1.44 bits per heavy atom. The van der Waals surface area contributed by atoms with Gasteiger partial charge in [0.05, 0.1) is 0 Å². The minimum atomic E-state index is -0.453. The second-order valence-electron chi connectivity index (χ2n) is 3.63. The molecule has 6 N–H and O–H groups in total. The van der Waals surface area contributed by atoms with Gasteiger partial charge in [0.15, 0.2) is 0 Å². The summed E-state index contributed by atoms with van der Waals surface area (Å²) in [6.07, 6.45) is 1.78. The van der Waals surface area contributed by atoms with Crippen LogP contribution >= 0.6 is 0 Å². The molecule has 0 saturated carbocycles. The van der Waals surface area contributed by atoms with E-state index in [1.165, 1.54) is 0 Å². The lowest BCUT2D eigenvalue weighted by molar-refractivity contribution is -0.133. The van der Waals surface area contributed by atoms with Crippen LogP contribution in [-0.4, -0.2) is 42.9 Å². The molecule has 0 spiro atoms. The molecule has 2 amide bonds. The fraction of sp³-hybridized carbons (Fsp3) is 0.800. The van der Waals surface area contributed by atoms with Crippen LogP contribution in [0.15, 0.2) is 0 Å². The molecule has 0 aliphatic heterocycles. The van der Waals surface area contributed by atoms with E-state index in [0.29, 0.717) is 26.2 Å². The van der Waals surface area contributed by atoms with Crippen molar-refractivity contribution < 1.29 is 9.59 Å². The van der Waals surface area contributed by atoms with Gasteiger partial charge < -0.3 is 22.1 Å². The molecule has 0 aromatic heterocycles. The Morgan fingerprint density at radius 1 is 0.938 bits per heavy atom. The Balaban J connectivity index is 4.03. The van der Waals surface area contributed by atoms with Gasteiger partial charge in [-0.1, -0.05) is 0 Å². The zero-order valence-electron chi connectivity index (χ0n) is 9.65. The fourth-order valence-electron chi connectivity index (χ4n) is 1.31. The van der Waals surface area contributed by atoms with E-state index in [9.17, 15) is 9.59 Å². The van der Waals surface area contributed by atoms with Crippen LogP contribution in [0.3, 0.4) is 0 Å². The quantitative estimate of drug-likeness (QED) is 0.460. The first-order valence-electron chi connectivity index (χ1n) is 5.58. The van der Waals surface area contributed by atoms with Crippen molar-refractivity contribution in [2.24, 2.45) is 17.2 Å². The van der Waals surface area contributed by atoms with Gasteiger partial charge in [-0.2, -0.15) is 0 Å². The predicted octanol–water partition coefficient (Wildman–Crippen LogP) is -1.22. The molecule has 6 nitrogen and oxygen atoms in total. The molecular formula is C10H22N4O2. The van der Waals surface area contributed by atoms with Crippen LogP contribution < -0.4 is 17.2 Å². The highest BCUT2D eigenvalue weighted by atomic mass is 16.2. The molecule has 0 rings (SSSR count). The molecular weight excluding hydrogens is 208 g/mol. The van der Waals surface area contributed by atoms with E-state index in [-0.39, 0.29) is 18.7 Å². The second-order valence-corrected chi connectivity index (χ2v) is 3.63. The molecule has 0 radical (unpaired) electrons. The third-order valence-corrected chi connectivity index (χ3v) is 2.20. The number of carbonyl (C=O) groups is 2. The molecule has 0 saturated heterocycles. The fourth-order valence-corrected chi connectivity index (χ4v) is 1.31. The summed E-state index contributed by atoms with van der Waals surface area (Å²) in [5.74, 6) is -0.508. The number of rotatable bonds is 9. The van der Waals surface area contributed by atoms with Gasteiger partial charge in [0.1, 0.15) is 0 Å². The van der Waals surface area contributed by atoms with E-state index in [1.54, 1.807) is 4.90 Å². The zero-order chi connectivity index (χ0) is 12.4. The molecule has 0 aromatic carbocycles. The van der Waals surface area contributed by atoms with E-state index < -0.39 is 5.91 Å². The number of hydrogen-bond donors (Lipinski definition) is 3. The molecule has 0 bridgehead atoms. The number of amides is 2. The Kier molecular flexibility index (Phi) is 8.46. The van der Waals surface area contributed by atoms with E-state index >= 15 is 0 Å². The van der Waals surface area contributed by atoms with Gasteiger partial charge in [0.2, 0.25) is 11.8 Å². The summed E-state index contributed by atoms with van der Waals surface area (Å²) in [6, 6.07) is 0. The maximum absolute atomic E-state index is 11.7. The highest BCUT2D eigenvalue weighted by molar-refractivity contribution is 5.82. The summed E-state index contributed by atoms with van der Waals surface area (Å²) in [4.78, 5) is 24.0. The molecule has 16 heavy (non-hydrogen) atoms. The SMILES string of the molecule is NCCCN(CCCN)C(=O)CCC(N)=O. The first kappa shape index (κ1) is 14.9. The van der Waals surface area contributed by atoms with E-state index in [4.69, 9.17) is 17.2 Å². The standard InChI is InChI=1S/C10H22N4O2/c11-5-1-7-14(8-2-6-12)10(16)4-3-9(13)15/h1-8,11-12H2,(H2,13,15). The third kappa shape index (κ3) is 7.19. The molecule has 6 heteroatoms. The van der Waals surface area contributed by atoms with Crippen LogP contribution in [0.2, 0.25) is 0 Å². The highest BCUT2D eigenvalue weighted by Gasteiger charge is 2.12. The maximum atomic E-state index is 11.7. The third-order valence-electron chi connectivity index (χ3n) is 2.20. The summed E-state index contributed by atoms with van der Waals surface area (Å²) in [7, 11) is 0. The second kappa shape index (κ2) is 9.11. The normalized spacial score (nSPS) is 10.1. The van der Waals surface area contributed by atoms with Gasteiger partial charge in [-0.3, -0.25) is 9.59 Å². The monoisotopic (exact) mass is 230 g/mol. The smallest absolute Gasteiger partial charge is 0.223 e. The highest BCUT2D eigenvalue weighted by Crippen LogP contribution is 2.00. The first-order valence-corrected chi connectivity index (χ1v) is 5.58. The van der Waals surface area contributed by atoms with E-state index in [2.05, 4.69) is 0 Å². The van der Waals surface area contributed by atoms with Gasteiger partial charge in [-0.25, -0.2) is 0 Å².